The molecule has 3 heterocycles. The summed E-state index contributed by atoms with van der Waals surface area (Å²) in [4.78, 5) is 37.9. The highest BCUT2D eigenvalue weighted by molar-refractivity contribution is 9.10. The molecule has 1 fully saturated rings. The minimum absolute atomic E-state index is 0.0258. The summed E-state index contributed by atoms with van der Waals surface area (Å²) in [6, 6.07) is 11.6. The van der Waals surface area contributed by atoms with Crippen LogP contribution in [0.4, 0.5) is 10.2 Å². The Balaban J connectivity index is 0.000000329. The molecule has 1 unspecified atom stereocenters. The van der Waals surface area contributed by atoms with E-state index in [4.69, 9.17) is 4.79 Å². The fourth-order valence-electron chi connectivity index (χ4n) is 3.65. The van der Waals surface area contributed by atoms with E-state index >= 15 is 0 Å². The van der Waals surface area contributed by atoms with E-state index in [1.54, 1.807) is 4.68 Å². The maximum absolute atomic E-state index is 13.3. The number of carbonyl (C=O) groups is 3. The molecule has 1 aliphatic heterocycles. The number of rotatable bonds is 5. The molecular weight excluding hydrogens is 517 g/mol. The molecule has 1 atom stereocenters. The zero-order chi connectivity index (χ0) is 26.1. The zero-order valence-corrected chi connectivity index (χ0v) is 22.0. The van der Waals surface area contributed by atoms with Crippen LogP contribution in [-0.2, 0) is 16.1 Å². The Labute approximate surface area is 213 Å². The van der Waals surface area contributed by atoms with E-state index < -0.39 is 6.17 Å². The van der Waals surface area contributed by atoms with Crippen LogP contribution < -0.4 is 5.32 Å². The van der Waals surface area contributed by atoms with Gasteiger partial charge in [-0.1, -0.05) is 32.0 Å². The Kier molecular flexibility index (Phi) is 10.5. The molecule has 10 heteroatoms. The standard InChI is InChI=1S/C18H22FN3O2.C6H7BrN2.CH2O/c1-11(2)13-4-5-15-16(8-13)22(20-18(15)12(3)23)10-17(24)21-7-6-14(19)9-21;1-8-6-4-2-3-5(7)9-6;1-2/h4-5,8,11,14H,6-7,9-10H2,1-3H3;2-4H,1H3,(H,8,9);1H2. The third kappa shape index (κ3) is 7.42. The highest BCUT2D eigenvalue weighted by atomic mass is 79.9. The molecular formula is C25H31BrFN5O3. The van der Waals surface area contributed by atoms with Gasteiger partial charge in [-0.3, -0.25) is 14.3 Å². The van der Waals surface area contributed by atoms with Crippen molar-refractivity contribution in [3.8, 4) is 0 Å². The van der Waals surface area contributed by atoms with E-state index in [2.05, 4.69) is 45.2 Å². The zero-order valence-electron chi connectivity index (χ0n) is 20.4. The van der Waals surface area contributed by atoms with Crippen LogP contribution in [0.25, 0.3) is 10.9 Å². The van der Waals surface area contributed by atoms with Gasteiger partial charge in [-0.2, -0.15) is 5.10 Å². The van der Waals surface area contributed by atoms with Crippen molar-refractivity contribution in [2.45, 2.75) is 45.8 Å². The Bertz CT molecular complexity index is 1170. The number of hydrogen-bond acceptors (Lipinski definition) is 6. The second-order valence-electron chi connectivity index (χ2n) is 8.31. The summed E-state index contributed by atoms with van der Waals surface area (Å²) >= 11 is 3.25. The summed E-state index contributed by atoms with van der Waals surface area (Å²) < 4.78 is 15.7. The molecule has 0 saturated carbocycles. The molecule has 1 aromatic carbocycles. The van der Waals surface area contributed by atoms with E-state index in [0.29, 0.717) is 24.6 Å². The molecule has 8 nitrogen and oxygen atoms in total. The van der Waals surface area contributed by atoms with Gasteiger partial charge in [-0.25, -0.2) is 9.37 Å². The van der Waals surface area contributed by atoms with Crippen molar-refractivity contribution >= 4 is 51.1 Å². The summed E-state index contributed by atoms with van der Waals surface area (Å²) in [5.41, 5.74) is 2.27. The minimum Gasteiger partial charge on any atom is -0.373 e. The lowest BCUT2D eigenvalue weighted by Gasteiger charge is -2.15. The predicted molar refractivity (Wildman–Crippen MR) is 139 cm³/mol. The van der Waals surface area contributed by atoms with Crippen LogP contribution in [0, 0.1) is 0 Å². The predicted octanol–water partition coefficient (Wildman–Crippen LogP) is 4.63. The van der Waals surface area contributed by atoms with E-state index in [1.807, 2.05) is 50.2 Å². The number of carbonyl (C=O) groups excluding carboxylic acids is 3. The number of fused-ring (bicyclic) bond motifs is 1. The average Bonchev–Trinajstić information content (AvgIpc) is 3.44. The van der Waals surface area contributed by atoms with Crippen LogP contribution in [0.15, 0.2) is 41.0 Å². The van der Waals surface area contributed by atoms with Gasteiger partial charge in [0.2, 0.25) is 5.91 Å². The fourth-order valence-corrected chi connectivity index (χ4v) is 3.99. The van der Waals surface area contributed by atoms with Crippen molar-refractivity contribution in [3.63, 3.8) is 0 Å². The van der Waals surface area contributed by atoms with Gasteiger partial charge in [0.1, 0.15) is 35.6 Å². The largest absolute Gasteiger partial charge is 0.373 e. The average molecular weight is 548 g/mol. The summed E-state index contributed by atoms with van der Waals surface area (Å²) in [6.45, 7) is 8.26. The lowest BCUT2D eigenvalue weighted by molar-refractivity contribution is -0.131. The SMILES string of the molecule is C=O.CC(=O)c1nn(CC(=O)N2CCC(F)C2)c2cc(C(C)C)ccc12.CNc1cccc(Br)n1. The van der Waals surface area contributed by atoms with Gasteiger partial charge in [0.25, 0.3) is 0 Å². The van der Waals surface area contributed by atoms with Crippen LogP contribution >= 0.6 is 15.9 Å². The van der Waals surface area contributed by atoms with Gasteiger partial charge >= 0.3 is 0 Å². The van der Waals surface area contributed by atoms with Gasteiger partial charge in [-0.05, 0) is 52.0 Å². The van der Waals surface area contributed by atoms with Crippen molar-refractivity contribution in [2.24, 2.45) is 0 Å². The number of amides is 1. The van der Waals surface area contributed by atoms with Crippen LogP contribution in [0.5, 0.6) is 0 Å². The second-order valence-corrected chi connectivity index (χ2v) is 9.13. The Morgan fingerprint density at radius 2 is 1.97 bits per heavy atom. The van der Waals surface area contributed by atoms with Crippen molar-refractivity contribution in [3.05, 3.63) is 52.3 Å². The van der Waals surface area contributed by atoms with Crippen molar-refractivity contribution in [1.29, 1.82) is 0 Å². The maximum atomic E-state index is 13.3. The molecule has 1 saturated heterocycles. The van der Waals surface area contributed by atoms with Crippen molar-refractivity contribution in [1.82, 2.24) is 19.7 Å². The number of pyridine rings is 1. The van der Waals surface area contributed by atoms with Crippen LogP contribution in [0.1, 0.15) is 49.2 Å². The molecule has 0 radical (unpaired) electrons. The van der Waals surface area contributed by atoms with Gasteiger partial charge < -0.3 is 15.0 Å². The van der Waals surface area contributed by atoms with Gasteiger partial charge in [-0.15, -0.1) is 0 Å². The number of anilines is 1. The first kappa shape index (κ1) is 28.1. The van der Waals surface area contributed by atoms with Gasteiger partial charge in [0.05, 0.1) is 12.1 Å². The van der Waals surface area contributed by atoms with E-state index in [1.165, 1.54) is 11.8 Å². The number of halogens is 2. The number of likely N-dealkylation sites (tertiary alicyclic amines) is 1. The van der Waals surface area contributed by atoms with E-state index in [0.717, 1.165) is 26.9 Å². The smallest absolute Gasteiger partial charge is 0.244 e. The summed E-state index contributed by atoms with van der Waals surface area (Å²) in [5.74, 6) is 0.919. The first-order valence-corrected chi connectivity index (χ1v) is 12.0. The monoisotopic (exact) mass is 547 g/mol. The lowest BCUT2D eigenvalue weighted by atomic mass is 10.0. The van der Waals surface area contributed by atoms with Crippen molar-refractivity contribution in [2.75, 3.05) is 25.5 Å². The molecule has 3 aromatic rings. The number of aromatic nitrogens is 3. The molecule has 0 bridgehead atoms. The number of nitrogens with one attached hydrogen (secondary N) is 1. The third-order valence-corrected chi connectivity index (χ3v) is 5.96. The number of benzene rings is 1. The van der Waals surface area contributed by atoms with Crippen LogP contribution in [0.3, 0.4) is 0 Å². The molecule has 35 heavy (non-hydrogen) atoms. The number of ketones is 1. The molecule has 4 rings (SSSR count). The molecule has 1 aliphatic rings. The molecule has 1 amide bonds. The quantitative estimate of drug-likeness (QED) is 0.369. The number of alkyl halides is 1. The summed E-state index contributed by atoms with van der Waals surface area (Å²) in [6.07, 6.45) is -0.550. The lowest BCUT2D eigenvalue weighted by Crippen LogP contribution is -2.32. The first-order chi connectivity index (χ1) is 16.7. The molecule has 1 N–H and O–H groups in total. The molecule has 0 aliphatic carbocycles. The summed E-state index contributed by atoms with van der Waals surface area (Å²) in [5, 5.41) is 8.03. The molecule has 188 valence electrons. The van der Waals surface area contributed by atoms with E-state index in [-0.39, 0.29) is 24.8 Å². The van der Waals surface area contributed by atoms with Crippen molar-refractivity contribution < 1.29 is 18.8 Å². The van der Waals surface area contributed by atoms with Gasteiger partial charge in [0, 0.05) is 25.9 Å². The Hall–Kier alpha value is -3.14. The highest BCUT2D eigenvalue weighted by Gasteiger charge is 2.27. The second kappa shape index (κ2) is 13.1. The van der Waals surface area contributed by atoms with Gasteiger partial charge in [0.15, 0.2) is 5.78 Å². The molecule has 2 aromatic heterocycles. The van der Waals surface area contributed by atoms with Crippen LogP contribution in [0.2, 0.25) is 0 Å². The normalized spacial score (nSPS) is 14.7. The number of nitrogens with zero attached hydrogens (tertiary/aromatic N) is 4. The van der Waals surface area contributed by atoms with Crippen LogP contribution in [-0.4, -0.2) is 64.5 Å². The molecule has 0 spiro atoms. The number of hydrogen-bond donors (Lipinski definition) is 1. The highest BCUT2D eigenvalue weighted by Crippen LogP contribution is 2.25. The Morgan fingerprint density at radius 3 is 2.49 bits per heavy atom. The summed E-state index contributed by atoms with van der Waals surface area (Å²) in [7, 11) is 1.84. The topological polar surface area (TPSA) is 97.2 Å². The third-order valence-electron chi connectivity index (χ3n) is 5.52. The fraction of sp³-hybridized carbons (Fsp3) is 0.400. The Morgan fingerprint density at radius 1 is 1.26 bits per heavy atom. The minimum atomic E-state index is -0.941. The van der Waals surface area contributed by atoms with E-state index in [9.17, 15) is 14.0 Å². The maximum Gasteiger partial charge on any atom is 0.244 e. The number of Topliss-reactive ketones (excluding diaryl/α,β-unsaturated/α-hetero) is 1. The first-order valence-electron chi connectivity index (χ1n) is 11.2.